The van der Waals surface area contributed by atoms with E-state index in [1.165, 1.54) is 12.1 Å². The van der Waals surface area contributed by atoms with Crippen molar-refractivity contribution in [1.82, 2.24) is 15.3 Å². The molecule has 0 aliphatic rings. The molecule has 3 rings (SSSR count). The summed E-state index contributed by atoms with van der Waals surface area (Å²) in [5.74, 6) is 0.317. The van der Waals surface area contributed by atoms with Gasteiger partial charge in [0.05, 0.1) is 0 Å². The summed E-state index contributed by atoms with van der Waals surface area (Å²) in [4.78, 5) is 33.5. The summed E-state index contributed by atoms with van der Waals surface area (Å²) in [5.41, 5.74) is 1.94. The highest BCUT2D eigenvalue weighted by Gasteiger charge is 2.27. The van der Waals surface area contributed by atoms with E-state index < -0.39 is 23.5 Å². The van der Waals surface area contributed by atoms with Gasteiger partial charge < -0.3 is 15.0 Å². The van der Waals surface area contributed by atoms with E-state index in [1.807, 2.05) is 30.5 Å². The number of hydrogen-bond donors (Lipinski definition) is 2. The molecule has 6 nitrogen and oxygen atoms in total. The second kappa shape index (κ2) is 12.5. The number of allylic oxidation sites excluding steroid dienone is 1. The largest absolute Gasteiger partial charge is 0.458 e. The molecule has 0 aliphatic heterocycles. The maximum Gasteiger partial charge on any atom is 0.329 e. The van der Waals surface area contributed by atoms with Crippen molar-refractivity contribution in [2.45, 2.75) is 45.3 Å². The zero-order valence-electron chi connectivity index (χ0n) is 21.0. The van der Waals surface area contributed by atoms with Gasteiger partial charge in [0.1, 0.15) is 23.3 Å². The Bertz CT molecular complexity index is 1190. The Morgan fingerprint density at radius 3 is 2.58 bits per heavy atom. The van der Waals surface area contributed by atoms with Crippen molar-refractivity contribution in [3.8, 4) is 11.1 Å². The van der Waals surface area contributed by atoms with E-state index in [0.717, 1.165) is 11.4 Å². The molecule has 0 saturated carbocycles. The van der Waals surface area contributed by atoms with E-state index in [0.29, 0.717) is 35.3 Å². The van der Waals surface area contributed by atoms with Crippen molar-refractivity contribution in [3.63, 3.8) is 0 Å². The monoisotopic (exact) mass is 509 g/mol. The number of aromatic nitrogens is 2. The van der Waals surface area contributed by atoms with E-state index in [-0.39, 0.29) is 5.82 Å². The summed E-state index contributed by atoms with van der Waals surface area (Å²) in [6, 6.07) is 10.7. The number of H-pyrrole nitrogens is 1. The molecule has 2 aromatic carbocycles. The van der Waals surface area contributed by atoms with E-state index in [1.54, 1.807) is 63.1 Å². The number of hydrogen-bond acceptors (Lipinski definition) is 5. The van der Waals surface area contributed by atoms with Crippen LogP contribution in [0.4, 0.5) is 4.39 Å². The minimum absolute atomic E-state index is 0.360. The molecule has 1 atom stereocenters. The van der Waals surface area contributed by atoms with Crippen LogP contribution in [0.5, 0.6) is 0 Å². The lowest BCUT2D eigenvalue weighted by Crippen LogP contribution is -2.44. The second-order valence-electron chi connectivity index (χ2n) is 9.30. The lowest BCUT2D eigenvalue weighted by Gasteiger charge is -2.25. The third kappa shape index (κ3) is 8.09. The Labute approximate surface area is 215 Å². The molecular weight excluding hydrogens is 477 g/mol. The molecule has 0 unspecified atom stereocenters. The minimum Gasteiger partial charge on any atom is -0.458 e. The number of carbonyl (C=O) groups excluding carboxylic acids is 2. The first-order chi connectivity index (χ1) is 17.2. The standard InChI is InChI=1S/C28H32FN3O3S/c1-28(2,3)35-27(34)24(14-17-36-4)32-26(33)22-13-8-19(6-5-7-25-30-15-16-31-25)18-23(22)20-9-11-21(29)12-10-20/h5-6,8-13,15-16,18,24H,7,14,17H2,1-4H3,(H,30,31)(H,32,33)/b6-5+/t24-/m0/s1. The number of esters is 1. The predicted octanol–water partition coefficient (Wildman–Crippen LogP) is 5.66. The predicted molar refractivity (Wildman–Crippen MR) is 143 cm³/mol. The maximum absolute atomic E-state index is 13.6. The van der Waals surface area contributed by atoms with Crippen LogP contribution in [-0.4, -0.2) is 45.5 Å². The highest BCUT2D eigenvalue weighted by molar-refractivity contribution is 7.98. The van der Waals surface area contributed by atoms with Gasteiger partial charge in [0.2, 0.25) is 0 Å². The van der Waals surface area contributed by atoms with E-state index in [9.17, 15) is 14.0 Å². The number of carbonyl (C=O) groups is 2. The molecule has 0 saturated heterocycles. The van der Waals surface area contributed by atoms with Crippen molar-refractivity contribution >= 4 is 29.7 Å². The fourth-order valence-electron chi connectivity index (χ4n) is 3.54. The van der Waals surface area contributed by atoms with Gasteiger partial charge in [-0.3, -0.25) is 4.79 Å². The van der Waals surface area contributed by atoms with Crippen LogP contribution in [0, 0.1) is 5.82 Å². The molecule has 8 heteroatoms. The number of thioether (sulfide) groups is 1. The molecule has 3 aromatic rings. The Morgan fingerprint density at radius 2 is 1.94 bits per heavy atom. The molecule has 36 heavy (non-hydrogen) atoms. The van der Waals surface area contributed by atoms with Crippen LogP contribution in [0.15, 0.2) is 60.9 Å². The SMILES string of the molecule is CSCC[C@H](NC(=O)c1ccc(/C=C/Cc2ncc[nH]2)cc1-c1ccc(F)cc1)C(=O)OC(C)(C)C. The number of imidazole rings is 1. The molecule has 0 spiro atoms. The van der Waals surface area contributed by atoms with Crippen LogP contribution in [-0.2, 0) is 16.0 Å². The van der Waals surface area contributed by atoms with Gasteiger partial charge >= 0.3 is 5.97 Å². The summed E-state index contributed by atoms with van der Waals surface area (Å²) < 4.78 is 19.1. The molecule has 0 bridgehead atoms. The molecule has 0 fully saturated rings. The van der Waals surface area contributed by atoms with Crippen LogP contribution in [0.1, 0.15) is 48.9 Å². The lowest BCUT2D eigenvalue weighted by molar-refractivity contribution is -0.157. The van der Waals surface area contributed by atoms with Gasteiger partial charge in [0, 0.05) is 24.4 Å². The number of aromatic amines is 1. The molecule has 190 valence electrons. The smallest absolute Gasteiger partial charge is 0.329 e. The molecule has 1 heterocycles. The highest BCUT2D eigenvalue weighted by Crippen LogP contribution is 2.27. The van der Waals surface area contributed by atoms with Gasteiger partial charge in [-0.2, -0.15) is 11.8 Å². The van der Waals surface area contributed by atoms with E-state index >= 15 is 0 Å². The average Bonchev–Trinajstić information content (AvgIpc) is 3.34. The normalized spacial score (nSPS) is 12.5. The van der Waals surface area contributed by atoms with Gasteiger partial charge in [-0.05, 0) is 80.2 Å². The lowest BCUT2D eigenvalue weighted by atomic mass is 9.96. The van der Waals surface area contributed by atoms with Crippen molar-refractivity contribution in [2.75, 3.05) is 12.0 Å². The number of rotatable bonds is 10. The number of ether oxygens (including phenoxy) is 1. The Balaban J connectivity index is 1.89. The second-order valence-corrected chi connectivity index (χ2v) is 10.3. The van der Waals surface area contributed by atoms with Crippen LogP contribution >= 0.6 is 11.8 Å². The summed E-state index contributed by atoms with van der Waals surface area (Å²) in [5, 5.41) is 2.86. The zero-order valence-corrected chi connectivity index (χ0v) is 21.8. The van der Waals surface area contributed by atoms with E-state index in [4.69, 9.17) is 4.74 Å². The Kier molecular flexibility index (Phi) is 9.47. The van der Waals surface area contributed by atoms with Crippen molar-refractivity contribution in [3.05, 3.63) is 83.7 Å². The number of nitrogens with one attached hydrogen (secondary N) is 2. The number of nitrogens with zero attached hydrogens (tertiary/aromatic N) is 1. The zero-order chi connectivity index (χ0) is 26.1. The van der Waals surface area contributed by atoms with Crippen LogP contribution < -0.4 is 5.32 Å². The topological polar surface area (TPSA) is 84.1 Å². The quantitative estimate of drug-likeness (QED) is 0.344. The molecule has 1 amide bonds. The molecule has 1 aromatic heterocycles. The maximum atomic E-state index is 13.6. The Morgan fingerprint density at radius 1 is 1.19 bits per heavy atom. The van der Waals surface area contributed by atoms with Gasteiger partial charge in [-0.15, -0.1) is 0 Å². The Hall–Kier alpha value is -3.39. The van der Waals surface area contributed by atoms with Crippen LogP contribution in [0.2, 0.25) is 0 Å². The summed E-state index contributed by atoms with van der Waals surface area (Å²) in [6.45, 7) is 5.38. The van der Waals surface area contributed by atoms with Gasteiger partial charge in [0.15, 0.2) is 0 Å². The van der Waals surface area contributed by atoms with Crippen LogP contribution in [0.3, 0.4) is 0 Å². The third-order valence-electron chi connectivity index (χ3n) is 5.23. The number of amides is 1. The summed E-state index contributed by atoms with van der Waals surface area (Å²) in [6.07, 6.45) is 10.4. The highest BCUT2D eigenvalue weighted by atomic mass is 32.2. The van der Waals surface area contributed by atoms with Crippen molar-refractivity contribution in [2.24, 2.45) is 0 Å². The molecule has 2 N–H and O–H groups in total. The molecule has 0 aliphatic carbocycles. The first-order valence-electron chi connectivity index (χ1n) is 11.7. The van der Waals surface area contributed by atoms with Gasteiger partial charge in [0.25, 0.3) is 5.91 Å². The van der Waals surface area contributed by atoms with E-state index in [2.05, 4.69) is 15.3 Å². The van der Waals surface area contributed by atoms with Gasteiger partial charge in [-0.25, -0.2) is 14.2 Å². The number of benzene rings is 2. The third-order valence-corrected chi connectivity index (χ3v) is 5.87. The fourth-order valence-corrected chi connectivity index (χ4v) is 4.01. The fraction of sp³-hybridized carbons (Fsp3) is 0.321. The summed E-state index contributed by atoms with van der Waals surface area (Å²) in [7, 11) is 0. The number of halogens is 1. The van der Waals surface area contributed by atoms with Crippen LogP contribution in [0.25, 0.3) is 17.2 Å². The van der Waals surface area contributed by atoms with Crippen molar-refractivity contribution in [1.29, 1.82) is 0 Å². The van der Waals surface area contributed by atoms with Gasteiger partial charge in [-0.1, -0.05) is 30.4 Å². The summed E-state index contributed by atoms with van der Waals surface area (Å²) >= 11 is 1.59. The molecular formula is C28H32FN3O3S. The average molecular weight is 510 g/mol. The first kappa shape index (κ1) is 27.2. The minimum atomic E-state index is -0.780. The molecule has 0 radical (unpaired) electrons. The first-order valence-corrected chi connectivity index (χ1v) is 13.1. The van der Waals surface area contributed by atoms with Crippen molar-refractivity contribution < 1.29 is 18.7 Å².